The van der Waals surface area contributed by atoms with E-state index < -0.39 is 39.3 Å². The first-order chi connectivity index (χ1) is 13.1. The topological polar surface area (TPSA) is 63.2 Å². The number of benzene rings is 2. The maximum absolute atomic E-state index is 13.3. The zero-order valence-electron chi connectivity index (χ0n) is 15.0. The summed E-state index contributed by atoms with van der Waals surface area (Å²) in [6.07, 6.45) is -3.43. The molecule has 148 valence electrons. The number of amides is 1. The Morgan fingerprint density at radius 3 is 2.36 bits per heavy atom. The van der Waals surface area contributed by atoms with Crippen LogP contribution >= 0.6 is 0 Å². The van der Waals surface area contributed by atoms with Gasteiger partial charge in [-0.05, 0) is 42.7 Å². The standard InChI is InChI=1S/C20H18F3NO3S/c1-13-6-8-15(9-7-13)28(26,27)12-14-10-18(24-19(25)11-14)16-4-2-3-5-17(16)20(21,22)23/h2-9,11,18H,10,12H2,1H3,(H,24,25). The van der Waals surface area contributed by atoms with E-state index in [0.717, 1.165) is 17.7 Å². The summed E-state index contributed by atoms with van der Waals surface area (Å²) < 4.78 is 65.2. The first-order valence-corrected chi connectivity index (χ1v) is 10.2. The highest BCUT2D eigenvalue weighted by Gasteiger charge is 2.36. The highest BCUT2D eigenvalue weighted by atomic mass is 32.2. The Hall–Kier alpha value is -2.61. The van der Waals surface area contributed by atoms with Gasteiger partial charge in [-0.1, -0.05) is 35.9 Å². The van der Waals surface area contributed by atoms with Crippen LogP contribution in [-0.2, 0) is 20.8 Å². The molecular weight excluding hydrogens is 391 g/mol. The normalized spacial score (nSPS) is 17.8. The average Bonchev–Trinajstić information content (AvgIpc) is 2.60. The Bertz CT molecular complexity index is 1030. The predicted molar refractivity (Wildman–Crippen MR) is 98.3 cm³/mol. The number of alkyl halides is 3. The van der Waals surface area contributed by atoms with E-state index >= 15 is 0 Å². The Morgan fingerprint density at radius 2 is 1.71 bits per heavy atom. The van der Waals surface area contributed by atoms with Crippen LogP contribution in [0.15, 0.2) is 65.1 Å². The van der Waals surface area contributed by atoms with Crippen molar-refractivity contribution in [2.75, 3.05) is 5.75 Å². The van der Waals surface area contributed by atoms with Crippen LogP contribution in [0.1, 0.15) is 29.2 Å². The fourth-order valence-electron chi connectivity index (χ4n) is 3.19. The highest BCUT2D eigenvalue weighted by Crippen LogP contribution is 2.37. The second-order valence-electron chi connectivity index (χ2n) is 6.73. The molecule has 2 aromatic carbocycles. The molecule has 0 bridgehead atoms. The summed E-state index contributed by atoms with van der Waals surface area (Å²) >= 11 is 0. The molecule has 0 fully saturated rings. The van der Waals surface area contributed by atoms with Crippen molar-refractivity contribution in [2.24, 2.45) is 0 Å². The molecule has 28 heavy (non-hydrogen) atoms. The fraction of sp³-hybridized carbons (Fsp3) is 0.250. The van der Waals surface area contributed by atoms with E-state index in [2.05, 4.69) is 5.32 Å². The monoisotopic (exact) mass is 409 g/mol. The van der Waals surface area contributed by atoms with Gasteiger partial charge in [0.2, 0.25) is 5.91 Å². The number of carbonyl (C=O) groups excluding carboxylic acids is 1. The molecule has 1 aliphatic rings. The lowest BCUT2D eigenvalue weighted by atomic mass is 9.92. The van der Waals surface area contributed by atoms with Gasteiger partial charge >= 0.3 is 6.18 Å². The molecule has 1 N–H and O–H groups in total. The minimum Gasteiger partial charge on any atom is -0.345 e. The van der Waals surface area contributed by atoms with Crippen molar-refractivity contribution in [3.63, 3.8) is 0 Å². The molecule has 0 saturated carbocycles. The lowest BCUT2D eigenvalue weighted by Crippen LogP contribution is -2.33. The van der Waals surface area contributed by atoms with Crippen LogP contribution in [0.4, 0.5) is 13.2 Å². The largest absolute Gasteiger partial charge is 0.416 e. The highest BCUT2D eigenvalue weighted by molar-refractivity contribution is 7.91. The van der Waals surface area contributed by atoms with Gasteiger partial charge in [0.05, 0.1) is 22.3 Å². The van der Waals surface area contributed by atoms with Crippen LogP contribution in [0.25, 0.3) is 0 Å². The molecule has 0 radical (unpaired) electrons. The Kier molecular flexibility index (Phi) is 5.34. The zero-order valence-corrected chi connectivity index (χ0v) is 15.8. The van der Waals surface area contributed by atoms with E-state index in [1.807, 2.05) is 6.92 Å². The van der Waals surface area contributed by atoms with E-state index in [4.69, 9.17) is 0 Å². The minimum atomic E-state index is -4.57. The van der Waals surface area contributed by atoms with Gasteiger partial charge in [0.1, 0.15) is 0 Å². The van der Waals surface area contributed by atoms with E-state index in [1.54, 1.807) is 12.1 Å². The van der Waals surface area contributed by atoms with Crippen molar-refractivity contribution < 1.29 is 26.4 Å². The molecule has 1 heterocycles. The molecule has 3 rings (SSSR count). The van der Waals surface area contributed by atoms with Crippen molar-refractivity contribution in [3.8, 4) is 0 Å². The SMILES string of the molecule is Cc1ccc(S(=O)(=O)CC2=CC(=O)NC(c3ccccc3C(F)(F)F)C2)cc1. The summed E-state index contributed by atoms with van der Waals surface area (Å²) in [6.45, 7) is 1.83. The molecule has 0 spiro atoms. The molecule has 0 aliphatic carbocycles. The van der Waals surface area contributed by atoms with Gasteiger partial charge < -0.3 is 5.32 Å². The van der Waals surface area contributed by atoms with Gasteiger partial charge in [0.15, 0.2) is 9.84 Å². The van der Waals surface area contributed by atoms with Gasteiger partial charge in [-0.15, -0.1) is 0 Å². The summed E-state index contributed by atoms with van der Waals surface area (Å²) in [4.78, 5) is 12.1. The van der Waals surface area contributed by atoms with Crippen molar-refractivity contribution in [2.45, 2.75) is 30.5 Å². The van der Waals surface area contributed by atoms with Gasteiger partial charge in [-0.2, -0.15) is 13.2 Å². The molecule has 0 aromatic heterocycles. The first-order valence-electron chi connectivity index (χ1n) is 8.52. The second kappa shape index (κ2) is 7.43. The Labute approximate surface area is 161 Å². The summed E-state index contributed by atoms with van der Waals surface area (Å²) in [7, 11) is -3.71. The van der Waals surface area contributed by atoms with Gasteiger partial charge in [-0.3, -0.25) is 4.79 Å². The summed E-state index contributed by atoms with van der Waals surface area (Å²) in [6, 6.07) is 10.3. The summed E-state index contributed by atoms with van der Waals surface area (Å²) in [5.41, 5.74) is 0.245. The van der Waals surface area contributed by atoms with Crippen molar-refractivity contribution >= 4 is 15.7 Å². The van der Waals surface area contributed by atoms with Crippen molar-refractivity contribution in [1.82, 2.24) is 5.32 Å². The summed E-state index contributed by atoms with van der Waals surface area (Å²) in [5, 5.41) is 2.50. The van der Waals surface area contributed by atoms with Crippen LogP contribution in [-0.4, -0.2) is 20.1 Å². The van der Waals surface area contributed by atoms with Gasteiger partial charge in [0.25, 0.3) is 0 Å². The number of hydrogen-bond acceptors (Lipinski definition) is 3. The lowest BCUT2D eigenvalue weighted by Gasteiger charge is -2.27. The van der Waals surface area contributed by atoms with E-state index in [9.17, 15) is 26.4 Å². The number of sulfone groups is 1. The maximum atomic E-state index is 13.3. The number of hydrogen-bond donors (Lipinski definition) is 1. The Morgan fingerprint density at radius 1 is 1.07 bits per heavy atom. The Balaban J connectivity index is 1.88. The predicted octanol–water partition coefficient (Wildman–Crippen LogP) is 3.98. The third kappa shape index (κ3) is 4.44. The molecule has 8 heteroatoms. The van der Waals surface area contributed by atoms with Crippen LogP contribution in [0.5, 0.6) is 0 Å². The minimum absolute atomic E-state index is 0.01000. The fourth-order valence-corrected chi connectivity index (χ4v) is 4.60. The van der Waals surface area contributed by atoms with Gasteiger partial charge in [0, 0.05) is 6.08 Å². The number of aryl methyl sites for hydroxylation is 1. The van der Waals surface area contributed by atoms with Crippen LogP contribution < -0.4 is 5.32 Å². The molecule has 1 aliphatic heterocycles. The molecular formula is C20H18F3NO3S. The number of halogens is 3. The third-order valence-electron chi connectivity index (χ3n) is 4.52. The maximum Gasteiger partial charge on any atom is 0.416 e. The molecule has 2 aromatic rings. The quantitative estimate of drug-likeness (QED) is 0.831. The molecule has 4 nitrogen and oxygen atoms in total. The first kappa shape index (κ1) is 20.1. The zero-order chi connectivity index (χ0) is 20.5. The molecule has 1 unspecified atom stereocenters. The number of nitrogens with one attached hydrogen (secondary N) is 1. The van der Waals surface area contributed by atoms with Crippen LogP contribution in [0.2, 0.25) is 0 Å². The van der Waals surface area contributed by atoms with E-state index in [0.29, 0.717) is 0 Å². The van der Waals surface area contributed by atoms with E-state index in [1.165, 1.54) is 30.3 Å². The smallest absolute Gasteiger partial charge is 0.345 e. The summed E-state index contributed by atoms with van der Waals surface area (Å²) in [5.74, 6) is -1.03. The number of rotatable bonds is 4. The van der Waals surface area contributed by atoms with Crippen molar-refractivity contribution in [1.29, 1.82) is 0 Å². The molecule has 0 saturated heterocycles. The van der Waals surface area contributed by atoms with Crippen LogP contribution in [0.3, 0.4) is 0 Å². The van der Waals surface area contributed by atoms with Gasteiger partial charge in [-0.25, -0.2) is 8.42 Å². The third-order valence-corrected chi connectivity index (χ3v) is 6.26. The number of carbonyl (C=O) groups is 1. The average molecular weight is 409 g/mol. The van der Waals surface area contributed by atoms with E-state index in [-0.39, 0.29) is 22.5 Å². The second-order valence-corrected chi connectivity index (χ2v) is 8.71. The molecule has 1 atom stereocenters. The molecule has 1 amide bonds. The van der Waals surface area contributed by atoms with Crippen LogP contribution in [0, 0.1) is 6.92 Å². The van der Waals surface area contributed by atoms with Crippen molar-refractivity contribution in [3.05, 3.63) is 76.9 Å². The lowest BCUT2D eigenvalue weighted by molar-refractivity contribution is -0.138.